The van der Waals surface area contributed by atoms with Crippen molar-refractivity contribution in [1.82, 2.24) is 5.32 Å². The average Bonchev–Trinajstić information content (AvgIpc) is 2.59. The summed E-state index contributed by atoms with van der Waals surface area (Å²) in [5, 5.41) is 2.45. The van der Waals surface area contributed by atoms with E-state index < -0.39 is 28.9 Å². The maximum atomic E-state index is 13.5. The van der Waals surface area contributed by atoms with E-state index in [1.165, 1.54) is 0 Å². The minimum absolute atomic E-state index is 0.107. The topological polar surface area (TPSA) is 47.6 Å². The van der Waals surface area contributed by atoms with Gasteiger partial charge in [0.25, 0.3) is 5.91 Å². The third-order valence-electron chi connectivity index (χ3n) is 3.21. The number of benzene rings is 2. The third-order valence-corrected chi connectivity index (χ3v) is 3.21. The maximum Gasteiger partial charge on any atom is 0.254 e. The van der Waals surface area contributed by atoms with Gasteiger partial charge in [-0.15, -0.1) is 0 Å². The van der Waals surface area contributed by atoms with Crippen LogP contribution in [-0.2, 0) is 11.3 Å². The molecule has 0 fully saturated rings. The normalized spacial score (nSPS) is 10.5. The van der Waals surface area contributed by atoms with E-state index in [1.54, 1.807) is 31.4 Å². The van der Waals surface area contributed by atoms with Gasteiger partial charge in [0.2, 0.25) is 0 Å². The minimum Gasteiger partial charge on any atom is -0.491 e. The number of halogens is 3. The van der Waals surface area contributed by atoms with E-state index in [1.807, 2.05) is 0 Å². The fraction of sp³-hybridized carbons (Fsp3) is 0.235. The molecule has 1 amide bonds. The Bertz CT molecular complexity index is 705. The van der Waals surface area contributed by atoms with Crippen molar-refractivity contribution in [2.24, 2.45) is 0 Å². The number of carbonyl (C=O) groups excluding carboxylic acids is 1. The Morgan fingerprint density at radius 3 is 2.38 bits per heavy atom. The summed E-state index contributed by atoms with van der Waals surface area (Å²) in [5.41, 5.74) is 0.193. The summed E-state index contributed by atoms with van der Waals surface area (Å²) in [7, 11) is 1.57. The van der Waals surface area contributed by atoms with Crippen molar-refractivity contribution < 1.29 is 27.4 Å². The first kappa shape index (κ1) is 17.8. The molecule has 0 saturated carbocycles. The molecule has 128 valence electrons. The summed E-state index contributed by atoms with van der Waals surface area (Å²) in [6.07, 6.45) is 0. The van der Waals surface area contributed by atoms with Crippen molar-refractivity contribution in [3.05, 3.63) is 65.0 Å². The Balaban J connectivity index is 1.93. The molecule has 2 aromatic rings. The highest BCUT2D eigenvalue weighted by molar-refractivity contribution is 5.94. The van der Waals surface area contributed by atoms with E-state index in [9.17, 15) is 18.0 Å². The van der Waals surface area contributed by atoms with Gasteiger partial charge in [0.05, 0.1) is 12.2 Å². The summed E-state index contributed by atoms with van der Waals surface area (Å²) in [5.74, 6) is -4.69. The van der Waals surface area contributed by atoms with Crippen LogP contribution in [0.25, 0.3) is 0 Å². The molecule has 0 aliphatic rings. The van der Waals surface area contributed by atoms with Crippen LogP contribution in [0.15, 0.2) is 36.4 Å². The molecular formula is C17H16F3NO3. The minimum atomic E-state index is -1.67. The lowest BCUT2D eigenvalue weighted by Gasteiger charge is -2.09. The first-order chi connectivity index (χ1) is 11.5. The molecule has 0 aromatic heterocycles. The Morgan fingerprint density at radius 2 is 1.71 bits per heavy atom. The third kappa shape index (κ3) is 4.48. The standard InChI is InChI=1S/C17H16F3NO3/c1-23-8-9-24-12-4-2-11(3-5-12)10-21-17(22)13-6-7-14(18)16(20)15(13)19/h2-7H,8-10H2,1H3,(H,21,22). The number of carbonyl (C=O) groups is 1. The molecule has 2 rings (SSSR count). The first-order valence-electron chi connectivity index (χ1n) is 7.15. The van der Waals surface area contributed by atoms with Gasteiger partial charge in [-0.1, -0.05) is 12.1 Å². The Labute approximate surface area is 137 Å². The molecule has 2 aromatic carbocycles. The molecule has 0 unspecified atom stereocenters. The van der Waals surface area contributed by atoms with Crippen molar-refractivity contribution in [2.75, 3.05) is 20.3 Å². The number of amides is 1. The SMILES string of the molecule is COCCOc1ccc(CNC(=O)c2ccc(F)c(F)c2F)cc1. The average molecular weight is 339 g/mol. The van der Waals surface area contributed by atoms with Crippen molar-refractivity contribution in [1.29, 1.82) is 0 Å². The van der Waals surface area contributed by atoms with Crippen LogP contribution in [0.2, 0.25) is 0 Å². The molecule has 4 nitrogen and oxygen atoms in total. The lowest BCUT2D eigenvalue weighted by Crippen LogP contribution is -2.24. The number of hydrogen-bond acceptors (Lipinski definition) is 3. The van der Waals surface area contributed by atoms with Gasteiger partial charge in [-0.05, 0) is 29.8 Å². The fourth-order valence-corrected chi connectivity index (χ4v) is 1.93. The monoisotopic (exact) mass is 339 g/mol. The number of nitrogens with one attached hydrogen (secondary N) is 1. The van der Waals surface area contributed by atoms with Gasteiger partial charge >= 0.3 is 0 Å². The quantitative estimate of drug-likeness (QED) is 0.623. The molecular weight excluding hydrogens is 323 g/mol. The van der Waals surface area contributed by atoms with E-state index in [0.29, 0.717) is 25.0 Å². The predicted molar refractivity (Wildman–Crippen MR) is 81.3 cm³/mol. The van der Waals surface area contributed by atoms with Crippen molar-refractivity contribution in [2.45, 2.75) is 6.54 Å². The van der Waals surface area contributed by atoms with Gasteiger partial charge in [-0.3, -0.25) is 4.79 Å². The van der Waals surface area contributed by atoms with Gasteiger partial charge in [-0.25, -0.2) is 13.2 Å². The smallest absolute Gasteiger partial charge is 0.254 e. The second kappa shape index (κ2) is 8.35. The van der Waals surface area contributed by atoms with Gasteiger partial charge in [-0.2, -0.15) is 0 Å². The highest BCUT2D eigenvalue weighted by atomic mass is 19.2. The maximum absolute atomic E-state index is 13.5. The summed E-state index contributed by atoms with van der Waals surface area (Å²) in [4.78, 5) is 11.9. The van der Waals surface area contributed by atoms with E-state index in [4.69, 9.17) is 9.47 Å². The van der Waals surface area contributed by atoms with Crippen molar-refractivity contribution in [3.8, 4) is 5.75 Å². The molecule has 0 spiro atoms. The largest absolute Gasteiger partial charge is 0.491 e. The lowest BCUT2D eigenvalue weighted by atomic mass is 10.1. The number of hydrogen-bond donors (Lipinski definition) is 1. The van der Waals surface area contributed by atoms with Gasteiger partial charge in [0, 0.05) is 13.7 Å². The van der Waals surface area contributed by atoms with Crippen LogP contribution < -0.4 is 10.1 Å². The van der Waals surface area contributed by atoms with Crippen molar-refractivity contribution in [3.63, 3.8) is 0 Å². The summed E-state index contributed by atoms with van der Waals surface area (Å²) < 4.78 is 49.8. The van der Waals surface area contributed by atoms with Crippen molar-refractivity contribution >= 4 is 5.91 Å². The number of ether oxygens (including phenoxy) is 2. The highest BCUT2D eigenvalue weighted by Crippen LogP contribution is 2.16. The molecule has 1 N–H and O–H groups in total. The second-order valence-corrected chi connectivity index (χ2v) is 4.89. The number of methoxy groups -OCH3 is 1. The van der Waals surface area contributed by atoms with Gasteiger partial charge in [0.15, 0.2) is 17.5 Å². The fourth-order valence-electron chi connectivity index (χ4n) is 1.93. The Kier molecular flexibility index (Phi) is 6.20. The van der Waals surface area contributed by atoms with Crippen LogP contribution in [0.4, 0.5) is 13.2 Å². The zero-order valence-corrected chi connectivity index (χ0v) is 12.9. The van der Waals surface area contributed by atoms with Gasteiger partial charge in [0.1, 0.15) is 12.4 Å². The van der Waals surface area contributed by atoms with E-state index in [-0.39, 0.29) is 6.54 Å². The Morgan fingerprint density at radius 1 is 1.00 bits per heavy atom. The van der Waals surface area contributed by atoms with Crippen LogP contribution in [-0.4, -0.2) is 26.2 Å². The molecule has 0 aliphatic heterocycles. The van der Waals surface area contributed by atoms with E-state index >= 15 is 0 Å². The zero-order valence-electron chi connectivity index (χ0n) is 12.9. The molecule has 0 heterocycles. The molecule has 0 radical (unpaired) electrons. The number of rotatable bonds is 7. The van der Waals surface area contributed by atoms with Gasteiger partial charge < -0.3 is 14.8 Å². The van der Waals surface area contributed by atoms with Crippen LogP contribution in [0.3, 0.4) is 0 Å². The highest BCUT2D eigenvalue weighted by Gasteiger charge is 2.18. The van der Waals surface area contributed by atoms with E-state index in [0.717, 1.165) is 11.6 Å². The summed E-state index contributed by atoms with van der Waals surface area (Å²) in [6, 6.07) is 8.49. The van der Waals surface area contributed by atoms with Crippen LogP contribution in [0.5, 0.6) is 5.75 Å². The molecule has 24 heavy (non-hydrogen) atoms. The van der Waals surface area contributed by atoms with E-state index in [2.05, 4.69) is 5.32 Å². The zero-order chi connectivity index (χ0) is 17.5. The summed E-state index contributed by atoms with van der Waals surface area (Å²) >= 11 is 0. The molecule has 0 saturated heterocycles. The molecule has 0 atom stereocenters. The predicted octanol–water partition coefficient (Wildman–Crippen LogP) is 3.06. The van der Waals surface area contributed by atoms with Crippen LogP contribution in [0, 0.1) is 17.5 Å². The lowest BCUT2D eigenvalue weighted by molar-refractivity contribution is 0.0945. The molecule has 0 aliphatic carbocycles. The summed E-state index contributed by atoms with van der Waals surface area (Å²) in [6.45, 7) is 0.995. The first-order valence-corrected chi connectivity index (χ1v) is 7.15. The molecule has 0 bridgehead atoms. The second-order valence-electron chi connectivity index (χ2n) is 4.89. The van der Waals surface area contributed by atoms with Crippen LogP contribution >= 0.6 is 0 Å². The van der Waals surface area contributed by atoms with Crippen LogP contribution in [0.1, 0.15) is 15.9 Å². The molecule has 7 heteroatoms. The Hall–Kier alpha value is -2.54.